The van der Waals surface area contributed by atoms with Gasteiger partial charge in [0.1, 0.15) is 5.58 Å². The summed E-state index contributed by atoms with van der Waals surface area (Å²) >= 11 is 0. The molecule has 0 N–H and O–H groups in total. The molecule has 8 rings (SSSR count). The fourth-order valence-electron chi connectivity index (χ4n) is 6.23. The van der Waals surface area contributed by atoms with Crippen LogP contribution in [0, 0.1) is 23.4 Å². The van der Waals surface area contributed by atoms with Gasteiger partial charge in [-0.05, 0) is 51.8 Å². The smallest absolute Gasteiger partial charge is 0.128 e. The van der Waals surface area contributed by atoms with E-state index in [4.69, 9.17) is 9.90 Å². The molecule has 6 heteroatoms. The molecule has 0 spiro atoms. The number of benzene rings is 5. The van der Waals surface area contributed by atoms with Gasteiger partial charge >= 0.3 is 0 Å². The molecule has 8 aromatic rings. The Morgan fingerprint density at radius 2 is 1.47 bits per heavy atom. The van der Waals surface area contributed by atoms with Crippen molar-refractivity contribution >= 4 is 46.0 Å². The molecule has 0 bridgehead atoms. The molecule has 5 aromatic carbocycles. The van der Waals surface area contributed by atoms with E-state index in [0.29, 0.717) is 33.6 Å². The third-order valence-corrected chi connectivity index (χ3v) is 10.7. The van der Waals surface area contributed by atoms with E-state index < -0.39 is 26.2 Å². The molecule has 0 saturated heterocycles. The van der Waals surface area contributed by atoms with Crippen LogP contribution in [0.4, 0.5) is 4.39 Å². The van der Waals surface area contributed by atoms with Crippen LogP contribution in [0.2, 0.25) is 19.6 Å². The molecule has 269 valence electrons. The molecule has 0 atom stereocenters. The van der Waals surface area contributed by atoms with E-state index in [1.807, 2.05) is 69.3 Å². The van der Waals surface area contributed by atoms with E-state index >= 15 is 0 Å². The van der Waals surface area contributed by atoms with Crippen molar-refractivity contribution in [1.29, 1.82) is 0 Å². The standard InChI is InChI=1S/C26H22NO.C21H21FNSi.Ir/c1-26(2,3)16-17-12-13-27-23(14-17)19-9-11-24-22(15-19)21-10-8-18-6-4-5-7-20(18)25(21)28-24;1-24(2,3)21-15-23-20(17-9-11-19(22)12-10-17)14-18(21)13-16-7-5-4-6-8-16;/h4-8,10-15H,16H2,1-3H3;4-9,11-12,14-15H,13H2,1-3H3;/q2*-1;/i16D2;13D2;. The third kappa shape index (κ3) is 8.90. The maximum absolute atomic E-state index is 13.2. The molecule has 0 fully saturated rings. The molecular weight excluding hydrogens is 848 g/mol. The predicted octanol–water partition coefficient (Wildman–Crippen LogP) is 12.0. The molecule has 0 amide bonds. The Hall–Kier alpha value is -4.74. The summed E-state index contributed by atoms with van der Waals surface area (Å²) in [6.07, 6.45) is 0.340. The van der Waals surface area contributed by atoms with E-state index in [1.165, 1.54) is 12.1 Å². The summed E-state index contributed by atoms with van der Waals surface area (Å²) in [5.41, 5.74) is 5.77. The van der Waals surface area contributed by atoms with Crippen LogP contribution in [0.1, 0.15) is 42.9 Å². The van der Waals surface area contributed by atoms with Gasteiger partial charge in [-0.3, -0.25) is 4.39 Å². The minimum Gasteiger partial charge on any atom is -0.500 e. The molecule has 53 heavy (non-hydrogen) atoms. The fourth-order valence-corrected chi connectivity index (χ4v) is 7.63. The van der Waals surface area contributed by atoms with Crippen molar-refractivity contribution in [2.45, 2.75) is 53.2 Å². The largest absolute Gasteiger partial charge is 0.500 e. The van der Waals surface area contributed by atoms with Crippen molar-refractivity contribution in [2.24, 2.45) is 5.41 Å². The second kappa shape index (κ2) is 15.7. The van der Waals surface area contributed by atoms with Crippen LogP contribution in [0.5, 0.6) is 0 Å². The maximum Gasteiger partial charge on any atom is 0.128 e. The summed E-state index contributed by atoms with van der Waals surface area (Å²) in [6.45, 7) is 12.3. The van der Waals surface area contributed by atoms with Crippen molar-refractivity contribution in [1.82, 2.24) is 9.97 Å². The van der Waals surface area contributed by atoms with Gasteiger partial charge in [-0.1, -0.05) is 136 Å². The number of hydrogen-bond donors (Lipinski definition) is 0. The number of hydrogen-bond acceptors (Lipinski definition) is 3. The molecule has 0 saturated carbocycles. The van der Waals surface area contributed by atoms with Crippen LogP contribution in [-0.2, 0) is 32.9 Å². The van der Waals surface area contributed by atoms with Crippen molar-refractivity contribution in [3.8, 4) is 22.5 Å². The third-order valence-electron chi connectivity index (χ3n) is 8.67. The first-order valence-electron chi connectivity index (χ1n) is 19.4. The predicted molar refractivity (Wildman–Crippen MR) is 217 cm³/mol. The maximum atomic E-state index is 13.2. The molecule has 0 aliphatic heterocycles. The van der Waals surface area contributed by atoms with Crippen LogP contribution in [0.25, 0.3) is 55.2 Å². The summed E-state index contributed by atoms with van der Waals surface area (Å²) in [5.74, 6) is -0.354. The van der Waals surface area contributed by atoms with Crippen molar-refractivity contribution in [2.75, 3.05) is 0 Å². The van der Waals surface area contributed by atoms with Gasteiger partial charge in [0.15, 0.2) is 0 Å². The van der Waals surface area contributed by atoms with Crippen molar-refractivity contribution in [3.05, 3.63) is 162 Å². The van der Waals surface area contributed by atoms with Crippen LogP contribution in [0.3, 0.4) is 0 Å². The Morgan fingerprint density at radius 1 is 0.736 bits per heavy atom. The summed E-state index contributed by atoms with van der Waals surface area (Å²) in [6, 6.07) is 41.3. The summed E-state index contributed by atoms with van der Waals surface area (Å²) in [7, 11) is -1.83. The van der Waals surface area contributed by atoms with E-state index in [0.717, 1.165) is 43.5 Å². The monoisotopic (exact) mass is 895 g/mol. The zero-order valence-corrected chi connectivity index (χ0v) is 34.0. The molecule has 3 aromatic heterocycles. The van der Waals surface area contributed by atoms with Gasteiger partial charge in [-0.2, -0.15) is 0 Å². The molecule has 0 aliphatic rings. The normalized spacial score (nSPS) is 13.3. The first kappa shape index (κ1) is 32.9. The minimum atomic E-state index is -1.83. The van der Waals surface area contributed by atoms with E-state index in [9.17, 15) is 4.39 Å². The van der Waals surface area contributed by atoms with Gasteiger partial charge in [-0.25, -0.2) is 0 Å². The van der Waals surface area contributed by atoms with Gasteiger partial charge in [0.05, 0.1) is 13.7 Å². The second-order valence-electron chi connectivity index (χ2n) is 15.0. The molecule has 1 radical (unpaired) electrons. The average Bonchev–Trinajstić information content (AvgIpc) is 3.56. The first-order valence-corrected chi connectivity index (χ1v) is 20.9. The fraction of sp³-hybridized carbons (Fsp3) is 0.191. The number of halogens is 1. The van der Waals surface area contributed by atoms with Crippen LogP contribution < -0.4 is 5.19 Å². The summed E-state index contributed by atoms with van der Waals surface area (Å²) in [4.78, 5) is 9.03. The van der Waals surface area contributed by atoms with Crippen LogP contribution >= 0.6 is 0 Å². The summed E-state index contributed by atoms with van der Waals surface area (Å²) < 4.78 is 54.2. The number of nitrogens with zero attached hydrogens (tertiary/aromatic N) is 2. The zero-order valence-electron chi connectivity index (χ0n) is 34.6. The number of aromatic nitrogens is 2. The van der Waals surface area contributed by atoms with Gasteiger partial charge in [0, 0.05) is 54.6 Å². The molecule has 3 nitrogen and oxygen atoms in total. The Kier molecular flexibility index (Phi) is 9.74. The second-order valence-corrected chi connectivity index (χ2v) is 20.0. The van der Waals surface area contributed by atoms with Gasteiger partial charge in [0.2, 0.25) is 0 Å². The van der Waals surface area contributed by atoms with Crippen molar-refractivity contribution < 1.29 is 34.4 Å². The molecule has 0 aliphatic carbocycles. The topological polar surface area (TPSA) is 38.9 Å². The van der Waals surface area contributed by atoms with Crippen LogP contribution in [0.15, 0.2) is 132 Å². The molecule has 0 unspecified atom stereocenters. The number of furan rings is 1. The van der Waals surface area contributed by atoms with Gasteiger partial charge in [0.25, 0.3) is 0 Å². The van der Waals surface area contributed by atoms with E-state index in [2.05, 4.69) is 66.0 Å². The van der Waals surface area contributed by atoms with E-state index in [1.54, 1.807) is 42.7 Å². The Bertz CT molecular complexity index is 2690. The molecule has 3 heterocycles. The van der Waals surface area contributed by atoms with Gasteiger partial charge < -0.3 is 14.4 Å². The average molecular weight is 895 g/mol. The number of pyridine rings is 2. The summed E-state index contributed by atoms with van der Waals surface area (Å²) in [5, 5.41) is 5.28. The number of rotatable bonds is 6. The molecular formula is C47H43FIrN2OSi-2. The van der Waals surface area contributed by atoms with E-state index in [-0.39, 0.29) is 25.9 Å². The van der Waals surface area contributed by atoms with Crippen molar-refractivity contribution in [3.63, 3.8) is 0 Å². The SMILES string of the molecule is [2H]C([2H])(c1ccccc1)c1cc(-c2[c-]cc(F)cc2)ncc1[Si](C)(C)C.[2H]C([2H])(c1ccnc(-c2[c-]cc3oc4c5ccccc5ccc4c3c2)c1)C(C)(C)C.[Ir]. The Morgan fingerprint density at radius 3 is 2.21 bits per heavy atom. The van der Waals surface area contributed by atoms with Crippen LogP contribution in [-0.4, -0.2) is 18.0 Å². The number of fused-ring (bicyclic) bond motifs is 5. The minimum absolute atomic E-state index is 0. The zero-order chi connectivity index (χ0) is 40.0. The Labute approximate surface area is 332 Å². The first-order chi connectivity index (χ1) is 26.4. The quantitative estimate of drug-likeness (QED) is 0.123. The Balaban J connectivity index is 0.000000192. The van der Waals surface area contributed by atoms with Gasteiger partial charge in [-0.15, -0.1) is 53.6 Å².